The van der Waals surface area contributed by atoms with E-state index in [9.17, 15) is 4.79 Å². The van der Waals surface area contributed by atoms with Gasteiger partial charge < -0.3 is 20.4 Å². The van der Waals surface area contributed by atoms with Gasteiger partial charge in [-0.1, -0.05) is 0 Å². The average molecular weight is 173 g/mol. The molecule has 0 heterocycles. The molecule has 0 bridgehead atoms. The first-order valence-electron chi connectivity index (χ1n) is 1.78. The predicted molar refractivity (Wildman–Crippen MR) is 35.8 cm³/mol. The van der Waals surface area contributed by atoms with Crippen molar-refractivity contribution in [1.82, 2.24) is 0 Å². The normalized spacial score (nSPS) is 9.33. The van der Waals surface area contributed by atoms with Gasteiger partial charge in [0, 0.05) is 6.92 Å². The van der Waals surface area contributed by atoms with Crippen molar-refractivity contribution in [3.05, 3.63) is 0 Å². The lowest BCUT2D eigenvalue weighted by Gasteiger charge is -1.88. The fraction of sp³-hybridized carbons (Fsp3) is 0.500. The molecular weight excluding hydrogens is 165 g/mol. The summed E-state index contributed by atoms with van der Waals surface area (Å²) in [5, 5.41) is 0. The van der Waals surface area contributed by atoms with E-state index in [1.807, 2.05) is 0 Å². The van der Waals surface area contributed by atoms with E-state index in [-0.39, 0.29) is 5.91 Å². The number of amides is 1. The molecule has 0 saturated carbocycles. The van der Waals surface area contributed by atoms with Crippen LogP contribution in [0.4, 0.5) is 0 Å². The zero-order chi connectivity index (χ0) is 8.08. The van der Waals surface area contributed by atoms with Crippen LogP contribution in [0.15, 0.2) is 0 Å². The van der Waals surface area contributed by atoms with Crippen LogP contribution >= 0.6 is 6.72 Å². The number of carbonyl (C=O) groups is 1. The van der Waals surface area contributed by atoms with Crippen LogP contribution in [-0.4, -0.2) is 20.6 Å². The molecule has 0 aromatic carbocycles. The Morgan fingerprint density at radius 3 is 1.56 bits per heavy atom. The maximum Gasteiger partial charge on any atom is 0.319 e. The minimum atomic E-state index is -3.81. The number of primary amides is 1. The van der Waals surface area contributed by atoms with Crippen LogP contribution in [0.25, 0.3) is 0 Å². The zero-order valence-corrected chi connectivity index (χ0v) is 6.39. The maximum absolute atomic E-state index is 9.22. The van der Waals surface area contributed by atoms with Gasteiger partial charge in [-0.2, -0.15) is 0 Å². The molecule has 0 saturated heterocycles. The van der Waals surface area contributed by atoms with Gasteiger partial charge in [-0.25, -0.2) is 0 Å². The van der Waals surface area contributed by atoms with E-state index in [4.69, 9.17) is 14.7 Å². The van der Waals surface area contributed by atoms with Crippen molar-refractivity contribution in [1.29, 1.82) is 0 Å². The first kappa shape index (κ1) is 11.8. The van der Waals surface area contributed by atoms with Gasteiger partial charge in [-0.3, -0.25) is 4.79 Å². The van der Waals surface area contributed by atoms with Gasteiger partial charge in [0.05, 0.1) is 0 Å². The topological polar surface area (TPSA) is 104 Å². The van der Waals surface area contributed by atoms with Gasteiger partial charge in [-0.15, -0.1) is 0 Å². The molecule has 0 aromatic heterocycles. The minimum absolute atomic E-state index is 0.333. The fourth-order valence-electron chi connectivity index (χ4n) is 0. The number of hydrogen-bond acceptors (Lipinski definition) is 2. The van der Waals surface area contributed by atoms with Crippen LogP contribution in [0.5, 0.6) is 0 Å². The number of hydrogen-bond donors (Lipinski definition) is 4. The van der Waals surface area contributed by atoms with E-state index < -0.39 is 6.72 Å². The van der Waals surface area contributed by atoms with Gasteiger partial charge in [-0.05, 0) is 11.8 Å². The molecule has 0 aliphatic rings. The first-order chi connectivity index (χ1) is 3.73. The second kappa shape index (κ2) is 4.84. The lowest BCUT2D eigenvalue weighted by Crippen LogP contribution is -2.01. The zero-order valence-electron chi connectivity index (χ0n) is 4.68. The summed E-state index contributed by atoms with van der Waals surface area (Å²) in [6, 6.07) is 0. The smallest absolute Gasteiger partial charge is 0.319 e. The molecule has 5 N–H and O–H groups in total. The minimum Gasteiger partial charge on any atom is -0.370 e. The second-order valence-electron chi connectivity index (χ2n) is 1.12. The van der Waals surface area contributed by atoms with Crippen molar-refractivity contribution in [3.63, 3.8) is 0 Å². The van der Waals surface area contributed by atoms with Crippen molar-refractivity contribution in [3.8, 4) is 0 Å². The molecule has 9 heavy (non-hydrogen) atoms. The molecule has 56 valence electrons. The van der Waals surface area contributed by atoms with Gasteiger partial charge in [0.2, 0.25) is 5.91 Å². The largest absolute Gasteiger partial charge is 0.370 e. The van der Waals surface area contributed by atoms with Crippen LogP contribution in [0.1, 0.15) is 6.92 Å². The fourth-order valence-corrected chi connectivity index (χ4v) is 0. The Labute approximate surface area is 57.4 Å². The third kappa shape index (κ3) is 41500000000000000911906223631106048. The predicted octanol–water partition coefficient (Wildman–Crippen LogP) is -1.32. The highest BCUT2D eigenvalue weighted by atomic mass is 32.5. The molecule has 0 unspecified atom stereocenters. The van der Waals surface area contributed by atoms with Crippen LogP contribution in [0.3, 0.4) is 0 Å². The number of rotatable bonds is 0. The summed E-state index contributed by atoms with van der Waals surface area (Å²) in [5.74, 6) is -0.333. The van der Waals surface area contributed by atoms with Gasteiger partial charge in [0.25, 0.3) is 0 Å². The maximum atomic E-state index is 9.22. The van der Waals surface area contributed by atoms with Gasteiger partial charge in [0.1, 0.15) is 0 Å². The van der Waals surface area contributed by atoms with Crippen molar-refractivity contribution in [2.24, 2.45) is 5.73 Å². The van der Waals surface area contributed by atoms with E-state index in [1.54, 1.807) is 0 Å². The SMILES string of the molecule is CC(N)=O.OP(O)(O)=S. The van der Waals surface area contributed by atoms with Crippen molar-refractivity contribution in [2.45, 2.75) is 6.92 Å². The van der Waals surface area contributed by atoms with Crippen LogP contribution < -0.4 is 5.73 Å². The summed E-state index contributed by atoms with van der Waals surface area (Å²) in [6.07, 6.45) is 0. The molecule has 7 heteroatoms. The Morgan fingerprint density at radius 1 is 1.56 bits per heavy atom. The van der Waals surface area contributed by atoms with Crippen molar-refractivity contribution >= 4 is 24.4 Å². The molecule has 0 fully saturated rings. The molecule has 0 atom stereocenters. The molecule has 0 spiro atoms. The summed E-state index contributed by atoms with van der Waals surface area (Å²) in [7, 11) is 0. The standard InChI is InChI=1S/C2H5NO.H3O3PS/c1-2(3)4;1-4(2,3)5/h1H3,(H2,3,4);(H3,1,2,3,5). The van der Waals surface area contributed by atoms with E-state index in [2.05, 4.69) is 17.5 Å². The molecule has 1 amide bonds. The van der Waals surface area contributed by atoms with E-state index in [0.717, 1.165) is 0 Å². The Morgan fingerprint density at radius 2 is 1.56 bits per heavy atom. The van der Waals surface area contributed by atoms with Crippen LogP contribution in [-0.2, 0) is 16.6 Å². The molecule has 0 aliphatic carbocycles. The summed E-state index contributed by atoms with van der Waals surface area (Å²) in [5.41, 5.74) is 4.47. The molecule has 5 nitrogen and oxygen atoms in total. The van der Waals surface area contributed by atoms with Crippen molar-refractivity contribution < 1.29 is 19.5 Å². The summed E-state index contributed by atoms with van der Waals surface area (Å²) in [4.78, 5) is 31.9. The highest BCUT2D eigenvalue weighted by Gasteiger charge is 1.92. The first-order valence-corrected chi connectivity index (χ1v) is 4.44. The Balaban J connectivity index is 0. The highest BCUT2D eigenvalue weighted by Crippen LogP contribution is 2.26. The Hall–Kier alpha value is -0.0000000000000000833. The number of carbonyl (C=O) groups excluding carboxylic acids is 1. The number of nitrogens with two attached hydrogens (primary N) is 1. The average Bonchev–Trinajstić information content (AvgIpc) is 1.19. The molecule has 0 aliphatic heterocycles. The Kier molecular flexibility index (Phi) is 6.32. The molecule has 0 radical (unpaired) electrons. The van der Waals surface area contributed by atoms with Crippen LogP contribution in [0.2, 0.25) is 0 Å². The molecule has 0 rings (SSSR count). The third-order valence-corrected chi connectivity index (χ3v) is 0. The molecular formula is C2H8NO4PS. The highest BCUT2D eigenvalue weighted by molar-refractivity contribution is 8.06. The summed E-state index contributed by atoms with van der Waals surface area (Å²) < 4.78 is 0. The van der Waals surface area contributed by atoms with E-state index >= 15 is 0 Å². The van der Waals surface area contributed by atoms with Crippen LogP contribution in [0, 0.1) is 0 Å². The Bertz CT molecular complexity index is 118. The van der Waals surface area contributed by atoms with Crippen molar-refractivity contribution in [2.75, 3.05) is 0 Å². The van der Waals surface area contributed by atoms with E-state index in [1.165, 1.54) is 6.92 Å². The third-order valence-electron chi connectivity index (χ3n) is 0. The van der Waals surface area contributed by atoms with Gasteiger partial charge in [0.15, 0.2) is 0 Å². The quantitative estimate of drug-likeness (QED) is 0.340. The molecule has 0 aromatic rings. The van der Waals surface area contributed by atoms with Gasteiger partial charge >= 0.3 is 6.72 Å². The second-order valence-corrected chi connectivity index (χ2v) is 3.62. The monoisotopic (exact) mass is 173 g/mol. The lowest BCUT2D eigenvalue weighted by molar-refractivity contribution is -0.115. The van der Waals surface area contributed by atoms with E-state index in [0.29, 0.717) is 0 Å². The summed E-state index contributed by atoms with van der Waals surface area (Å²) in [6.45, 7) is -2.50. The summed E-state index contributed by atoms with van der Waals surface area (Å²) >= 11 is 3.60. The lowest BCUT2D eigenvalue weighted by atomic mass is 10.8.